The highest BCUT2D eigenvalue weighted by atomic mass is 15.1. The van der Waals surface area contributed by atoms with Gasteiger partial charge < -0.3 is 4.90 Å². The monoisotopic (exact) mass is 649 g/mol. The third kappa shape index (κ3) is 5.96. The van der Waals surface area contributed by atoms with Gasteiger partial charge in [-0.05, 0) is 109 Å². The largest absolute Gasteiger partial charge is 0.310 e. The molecule has 9 aromatic rings. The van der Waals surface area contributed by atoms with Crippen LogP contribution >= 0.6 is 0 Å². The van der Waals surface area contributed by atoms with Crippen molar-refractivity contribution in [3.05, 3.63) is 212 Å². The fraction of sp³-hybridized carbons (Fsp3) is 0. The molecular weight excluding hydrogens is 615 g/mol. The predicted molar refractivity (Wildman–Crippen MR) is 218 cm³/mol. The van der Waals surface area contributed by atoms with Crippen molar-refractivity contribution in [2.45, 2.75) is 0 Å². The molecule has 0 aliphatic carbocycles. The Hall–Kier alpha value is -6.70. The zero-order valence-electron chi connectivity index (χ0n) is 28.2. The van der Waals surface area contributed by atoms with E-state index < -0.39 is 0 Å². The summed E-state index contributed by atoms with van der Waals surface area (Å²) in [4.78, 5) is 2.37. The zero-order valence-corrected chi connectivity index (χ0v) is 28.2. The van der Waals surface area contributed by atoms with Gasteiger partial charge in [0.2, 0.25) is 0 Å². The molecular formula is C50H35N. The highest BCUT2D eigenvalue weighted by Gasteiger charge is 2.16. The highest BCUT2D eigenvalue weighted by molar-refractivity contribution is 5.98. The third-order valence-electron chi connectivity index (χ3n) is 9.86. The van der Waals surface area contributed by atoms with Crippen LogP contribution in [-0.4, -0.2) is 0 Å². The van der Waals surface area contributed by atoms with Crippen LogP contribution in [-0.2, 0) is 0 Å². The Morgan fingerprint density at radius 2 is 0.667 bits per heavy atom. The second-order valence-electron chi connectivity index (χ2n) is 13.0. The van der Waals surface area contributed by atoms with E-state index in [0.717, 1.165) is 17.1 Å². The van der Waals surface area contributed by atoms with Crippen molar-refractivity contribution in [2.75, 3.05) is 4.90 Å². The Morgan fingerprint density at radius 1 is 0.235 bits per heavy atom. The molecule has 9 aromatic carbocycles. The Bertz CT molecular complexity index is 2610. The van der Waals surface area contributed by atoms with Gasteiger partial charge in [0.25, 0.3) is 0 Å². The summed E-state index contributed by atoms with van der Waals surface area (Å²) in [6.07, 6.45) is 0. The summed E-state index contributed by atoms with van der Waals surface area (Å²) in [6, 6.07) is 76.6. The average molecular weight is 650 g/mol. The number of benzene rings is 9. The topological polar surface area (TPSA) is 3.24 Å². The number of anilines is 3. The fourth-order valence-corrected chi connectivity index (χ4v) is 7.32. The van der Waals surface area contributed by atoms with Gasteiger partial charge in [-0.1, -0.05) is 170 Å². The van der Waals surface area contributed by atoms with E-state index in [1.54, 1.807) is 0 Å². The molecule has 0 radical (unpaired) electrons. The number of rotatable bonds is 7. The van der Waals surface area contributed by atoms with Crippen LogP contribution in [0.4, 0.5) is 17.1 Å². The van der Waals surface area contributed by atoms with Crippen LogP contribution in [0.1, 0.15) is 0 Å². The predicted octanol–water partition coefficient (Wildman–Crippen LogP) is 14.1. The lowest BCUT2D eigenvalue weighted by molar-refractivity contribution is 1.28. The molecule has 1 heteroatoms. The Balaban J connectivity index is 1.13. The minimum absolute atomic E-state index is 1.10. The average Bonchev–Trinajstić information content (AvgIpc) is 3.21. The number of hydrogen-bond acceptors (Lipinski definition) is 1. The standard InChI is InChI=1S/C50H35N/c1-2-12-36(13-3-1)41-18-8-19-42(34-41)37-26-30-44(31-27-37)51(45-32-28-40(29-33-45)49-24-10-16-38-14-4-6-22-47(38)49)46-21-9-20-43(35-46)50-25-11-17-39-15-5-7-23-48(39)50/h1-35H. The van der Waals surface area contributed by atoms with Crippen LogP contribution in [0.5, 0.6) is 0 Å². The van der Waals surface area contributed by atoms with Gasteiger partial charge in [-0.3, -0.25) is 0 Å². The number of fused-ring (bicyclic) bond motifs is 2. The molecule has 51 heavy (non-hydrogen) atoms. The van der Waals surface area contributed by atoms with Crippen LogP contribution in [0.25, 0.3) is 66.1 Å². The van der Waals surface area contributed by atoms with Gasteiger partial charge in [-0.25, -0.2) is 0 Å². The van der Waals surface area contributed by atoms with Crippen LogP contribution in [0.15, 0.2) is 212 Å². The first-order chi connectivity index (χ1) is 25.3. The second-order valence-corrected chi connectivity index (χ2v) is 13.0. The van der Waals surface area contributed by atoms with Crippen LogP contribution in [0.2, 0.25) is 0 Å². The van der Waals surface area contributed by atoms with E-state index >= 15 is 0 Å². The smallest absolute Gasteiger partial charge is 0.0467 e. The first kappa shape index (κ1) is 30.4. The van der Waals surface area contributed by atoms with Crippen LogP contribution in [0.3, 0.4) is 0 Å². The summed E-state index contributed by atoms with van der Waals surface area (Å²) < 4.78 is 0. The van der Waals surface area contributed by atoms with E-state index in [2.05, 4.69) is 217 Å². The van der Waals surface area contributed by atoms with Crippen molar-refractivity contribution < 1.29 is 0 Å². The van der Waals surface area contributed by atoms with E-state index in [4.69, 9.17) is 0 Å². The lowest BCUT2D eigenvalue weighted by Gasteiger charge is -2.26. The van der Waals surface area contributed by atoms with Crippen LogP contribution in [0, 0.1) is 0 Å². The fourth-order valence-electron chi connectivity index (χ4n) is 7.32. The minimum Gasteiger partial charge on any atom is -0.310 e. The zero-order chi connectivity index (χ0) is 34.0. The van der Waals surface area contributed by atoms with E-state index in [9.17, 15) is 0 Å². The van der Waals surface area contributed by atoms with Crippen molar-refractivity contribution in [1.82, 2.24) is 0 Å². The van der Waals surface area contributed by atoms with Crippen molar-refractivity contribution >= 4 is 38.6 Å². The minimum atomic E-state index is 1.10. The molecule has 0 fully saturated rings. The Labute approximate surface area is 299 Å². The van der Waals surface area contributed by atoms with E-state index in [1.807, 2.05) is 0 Å². The van der Waals surface area contributed by atoms with Gasteiger partial charge in [-0.15, -0.1) is 0 Å². The molecule has 0 saturated carbocycles. The van der Waals surface area contributed by atoms with Crippen molar-refractivity contribution in [3.8, 4) is 44.5 Å². The summed E-state index contributed by atoms with van der Waals surface area (Å²) in [6.45, 7) is 0. The molecule has 9 rings (SSSR count). The van der Waals surface area contributed by atoms with Crippen molar-refractivity contribution in [3.63, 3.8) is 0 Å². The van der Waals surface area contributed by atoms with Crippen LogP contribution < -0.4 is 4.90 Å². The molecule has 0 saturated heterocycles. The SMILES string of the molecule is c1ccc(-c2cccc(-c3ccc(N(c4ccc(-c5cccc6ccccc56)cc4)c4cccc(-c5cccc6ccccc56)c4)cc3)c2)cc1. The summed E-state index contributed by atoms with van der Waals surface area (Å²) in [5, 5.41) is 5.01. The maximum Gasteiger partial charge on any atom is 0.0467 e. The molecule has 0 unspecified atom stereocenters. The number of nitrogens with zero attached hydrogens (tertiary/aromatic N) is 1. The summed E-state index contributed by atoms with van der Waals surface area (Å²) in [5.74, 6) is 0. The Kier molecular flexibility index (Phi) is 7.92. The molecule has 0 N–H and O–H groups in total. The van der Waals surface area contributed by atoms with E-state index in [-0.39, 0.29) is 0 Å². The van der Waals surface area contributed by atoms with Crippen molar-refractivity contribution in [2.24, 2.45) is 0 Å². The summed E-state index contributed by atoms with van der Waals surface area (Å²) in [5.41, 5.74) is 13.0. The Morgan fingerprint density at radius 3 is 1.29 bits per heavy atom. The molecule has 0 aromatic heterocycles. The molecule has 0 atom stereocenters. The molecule has 0 spiro atoms. The second kappa shape index (κ2) is 13.3. The molecule has 0 aliphatic rings. The molecule has 0 heterocycles. The molecule has 0 bridgehead atoms. The molecule has 240 valence electrons. The molecule has 1 nitrogen and oxygen atoms in total. The van der Waals surface area contributed by atoms with Gasteiger partial charge in [0.05, 0.1) is 0 Å². The summed E-state index contributed by atoms with van der Waals surface area (Å²) >= 11 is 0. The maximum atomic E-state index is 2.37. The lowest BCUT2D eigenvalue weighted by Crippen LogP contribution is -2.10. The molecule has 0 amide bonds. The van der Waals surface area contributed by atoms with Gasteiger partial charge in [0.1, 0.15) is 0 Å². The van der Waals surface area contributed by atoms with Gasteiger partial charge in [0.15, 0.2) is 0 Å². The molecule has 0 aliphatic heterocycles. The van der Waals surface area contributed by atoms with Crippen molar-refractivity contribution in [1.29, 1.82) is 0 Å². The quantitative estimate of drug-likeness (QED) is 0.166. The highest BCUT2D eigenvalue weighted by Crippen LogP contribution is 2.40. The van der Waals surface area contributed by atoms with Gasteiger partial charge in [-0.2, -0.15) is 0 Å². The van der Waals surface area contributed by atoms with E-state index in [0.29, 0.717) is 0 Å². The van der Waals surface area contributed by atoms with E-state index in [1.165, 1.54) is 66.1 Å². The summed E-state index contributed by atoms with van der Waals surface area (Å²) in [7, 11) is 0. The number of hydrogen-bond donors (Lipinski definition) is 0. The van der Waals surface area contributed by atoms with Gasteiger partial charge >= 0.3 is 0 Å². The third-order valence-corrected chi connectivity index (χ3v) is 9.86. The first-order valence-corrected chi connectivity index (χ1v) is 17.5. The first-order valence-electron chi connectivity index (χ1n) is 17.5. The lowest BCUT2D eigenvalue weighted by atomic mass is 9.97. The maximum absolute atomic E-state index is 2.37. The van der Waals surface area contributed by atoms with Gasteiger partial charge in [0, 0.05) is 17.1 Å². The normalized spacial score (nSPS) is 11.1.